The highest BCUT2D eigenvalue weighted by molar-refractivity contribution is 8.07. The summed E-state index contributed by atoms with van der Waals surface area (Å²) in [6.45, 7) is 8.69. The number of aromatic amines is 1. The molecule has 94 valence electrons. The predicted octanol–water partition coefficient (Wildman–Crippen LogP) is 4.05. The van der Waals surface area contributed by atoms with Gasteiger partial charge in [0.15, 0.2) is 0 Å². The molecule has 0 saturated carbocycles. The second-order valence-corrected chi connectivity index (χ2v) is 7.93. The topological polar surface area (TPSA) is 28.7 Å². The predicted molar refractivity (Wildman–Crippen MR) is 80.6 cm³/mol. The summed E-state index contributed by atoms with van der Waals surface area (Å²) in [5.74, 6) is 2.17. The van der Waals surface area contributed by atoms with E-state index >= 15 is 0 Å². The van der Waals surface area contributed by atoms with Crippen LogP contribution in [0.25, 0.3) is 0 Å². The van der Waals surface area contributed by atoms with Gasteiger partial charge in [0.2, 0.25) is 0 Å². The third kappa shape index (κ3) is 2.88. The first kappa shape index (κ1) is 13.4. The molecule has 3 atom stereocenters. The third-order valence-electron chi connectivity index (χ3n) is 3.28. The van der Waals surface area contributed by atoms with Gasteiger partial charge in [-0.2, -0.15) is 11.8 Å². The quantitative estimate of drug-likeness (QED) is 0.788. The fraction of sp³-hybridized carbons (Fsp3) is 0.667. The van der Waals surface area contributed by atoms with E-state index in [-0.39, 0.29) is 0 Å². The average molecular weight is 286 g/mol. The second-order valence-electron chi connectivity index (χ2n) is 4.55. The maximum absolute atomic E-state index is 5.30. The summed E-state index contributed by atoms with van der Waals surface area (Å²) in [5.41, 5.74) is 2.25. The van der Waals surface area contributed by atoms with Gasteiger partial charge < -0.3 is 4.98 Å². The van der Waals surface area contributed by atoms with Crippen molar-refractivity contribution in [3.05, 3.63) is 21.7 Å². The lowest BCUT2D eigenvalue weighted by atomic mass is 10.2. The van der Waals surface area contributed by atoms with Crippen LogP contribution in [0.1, 0.15) is 36.2 Å². The highest BCUT2D eigenvalue weighted by Crippen LogP contribution is 2.43. The lowest BCUT2D eigenvalue weighted by Crippen LogP contribution is -2.23. The molecule has 5 heteroatoms. The van der Waals surface area contributed by atoms with E-state index in [2.05, 4.69) is 30.7 Å². The van der Waals surface area contributed by atoms with E-state index in [0.29, 0.717) is 10.5 Å². The molecule has 0 aliphatic carbocycles. The van der Waals surface area contributed by atoms with Gasteiger partial charge in [0.25, 0.3) is 0 Å². The van der Waals surface area contributed by atoms with Crippen LogP contribution in [0.2, 0.25) is 0 Å². The molecule has 1 aliphatic rings. The number of thioether (sulfide) groups is 2. The number of hydrogen-bond acceptors (Lipinski definition) is 4. The Hall–Kier alpha value is -0.0000000000000000833. The van der Waals surface area contributed by atoms with Crippen LogP contribution < -0.4 is 0 Å². The van der Waals surface area contributed by atoms with Gasteiger partial charge in [0, 0.05) is 27.5 Å². The minimum Gasteiger partial charge on any atom is -0.346 e. The molecule has 1 aliphatic heterocycles. The van der Waals surface area contributed by atoms with Crippen molar-refractivity contribution < 1.29 is 0 Å². The van der Waals surface area contributed by atoms with Crippen molar-refractivity contribution >= 4 is 35.7 Å². The SMILES string of the molecule is Cc1[nH]c(C2CSC(C)C(C)S2)nc(=S)c1C. The van der Waals surface area contributed by atoms with Crippen molar-refractivity contribution in [1.82, 2.24) is 9.97 Å². The minimum absolute atomic E-state index is 0.451. The number of nitrogens with one attached hydrogen (secondary N) is 1. The van der Waals surface area contributed by atoms with Gasteiger partial charge in [0.05, 0.1) is 5.25 Å². The first-order valence-electron chi connectivity index (χ1n) is 5.83. The van der Waals surface area contributed by atoms with E-state index in [0.717, 1.165) is 32.7 Å². The van der Waals surface area contributed by atoms with Crippen molar-refractivity contribution in [2.45, 2.75) is 43.4 Å². The van der Waals surface area contributed by atoms with Crippen LogP contribution >= 0.6 is 35.7 Å². The number of rotatable bonds is 1. The molecule has 3 unspecified atom stereocenters. The average Bonchev–Trinajstić information content (AvgIpc) is 2.29. The number of H-pyrrole nitrogens is 1. The Morgan fingerprint density at radius 3 is 2.59 bits per heavy atom. The first-order chi connectivity index (χ1) is 7.99. The molecule has 1 aromatic heterocycles. The molecular formula is C12H18N2S3. The Kier molecular flexibility index (Phi) is 4.21. The molecule has 2 heterocycles. The number of nitrogens with zero attached hydrogens (tertiary/aromatic N) is 1. The second kappa shape index (κ2) is 5.33. The molecule has 0 aromatic carbocycles. The van der Waals surface area contributed by atoms with E-state index in [1.165, 1.54) is 0 Å². The van der Waals surface area contributed by atoms with Crippen molar-refractivity contribution in [3.8, 4) is 0 Å². The number of aromatic nitrogens is 2. The summed E-state index contributed by atoms with van der Waals surface area (Å²) >= 11 is 9.34. The molecule has 2 rings (SSSR count). The first-order valence-corrected chi connectivity index (χ1v) is 8.23. The summed E-state index contributed by atoms with van der Waals surface area (Å²) in [4.78, 5) is 7.95. The van der Waals surface area contributed by atoms with Crippen LogP contribution in [0.3, 0.4) is 0 Å². The summed E-state index contributed by atoms with van der Waals surface area (Å²) in [6.07, 6.45) is 0. The lowest BCUT2D eigenvalue weighted by Gasteiger charge is -2.30. The smallest absolute Gasteiger partial charge is 0.132 e. The molecule has 1 fully saturated rings. The van der Waals surface area contributed by atoms with Crippen LogP contribution in [0.5, 0.6) is 0 Å². The lowest BCUT2D eigenvalue weighted by molar-refractivity contribution is 0.844. The molecule has 2 nitrogen and oxygen atoms in total. The van der Waals surface area contributed by atoms with Crippen molar-refractivity contribution in [2.24, 2.45) is 0 Å². The summed E-state index contributed by atoms with van der Waals surface area (Å²) in [5, 5.41) is 1.85. The van der Waals surface area contributed by atoms with E-state index in [9.17, 15) is 0 Å². The van der Waals surface area contributed by atoms with Gasteiger partial charge in [-0.25, -0.2) is 4.98 Å². The molecule has 0 radical (unpaired) electrons. The summed E-state index contributed by atoms with van der Waals surface area (Å²) in [6, 6.07) is 0. The van der Waals surface area contributed by atoms with Gasteiger partial charge in [0.1, 0.15) is 10.5 Å². The fourth-order valence-corrected chi connectivity index (χ4v) is 4.86. The van der Waals surface area contributed by atoms with Crippen molar-refractivity contribution in [1.29, 1.82) is 0 Å². The third-order valence-corrected chi connectivity index (χ3v) is 7.07. The monoisotopic (exact) mass is 286 g/mol. The Morgan fingerprint density at radius 2 is 2.00 bits per heavy atom. The maximum Gasteiger partial charge on any atom is 0.132 e. The Labute approximate surface area is 116 Å². The van der Waals surface area contributed by atoms with Crippen LogP contribution in [0.4, 0.5) is 0 Å². The molecular weight excluding hydrogens is 268 g/mol. The zero-order valence-corrected chi connectivity index (χ0v) is 13.1. The van der Waals surface area contributed by atoms with E-state index in [1.807, 2.05) is 30.4 Å². The molecule has 1 N–H and O–H groups in total. The highest BCUT2D eigenvalue weighted by Gasteiger charge is 2.28. The molecule has 0 amide bonds. The molecule has 1 aromatic rings. The van der Waals surface area contributed by atoms with E-state index < -0.39 is 0 Å². The Bertz CT molecular complexity index is 469. The standard InChI is InChI=1S/C12H18N2S3/c1-6-7(2)13-11(14-12(6)15)10-5-16-8(3)9(4)17-10/h8-10H,5H2,1-4H3,(H,13,14,15). The van der Waals surface area contributed by atoms with Gasteiger partial charge >= 0.3 is 0 Å². The summed E-state index contributed by atoms with van der Waals surface area (Å²) in [7, 11) is 0. The van der Waals surface area contributed by atoms with Crippen LogP contribution in [-0.4, -0.2) is 26.2 Å². The number of aryl methyl sites for hydroxylation is 1. The van der Waals surface area contributed by atoms with E-state index in [4.69, 9.17) is 12.2 Å². The maximum atomic E-state index is 5.30. The molecule has 0 bridgehead atoms. The minimum atomic E-state index is 0.451. The van der Waals surface area contributed by atoms with Crippen LogP contribution in [-0.2, 0) is 0 Å². The van der Waals surface area contributed by atoms with Gasteiger partial charge in [-0.3, -0.25) is 0 Å². The fourth-order valence-electron chi connectivity index (χ4n) is 1.75. The van der Waals surface area contributed by atoms with Crippen LogP contribution in [0.15, 0.2) is 0 Å². The normalized spacial score (nSPS) is 29.3. The zero-order chi connectivity index (χ0) is 12.6. The Morgan fingerprint density at radius 1 is 1.29 bits per heavy atom. The van der Waals surface area contributed by atoms with Gasteiger partial charge in [-0.05, 0) is 13.8 Å². The molecule has 17 heavy (non-hydrogen) atoms. The molecule has 1 saturated heterocycles. The van der Waals surface area contributed by atoms with E-state index in [1.54, 1.807) is 0 Å². The van der Waals surface area contributed by atoms with Crippen molar-refractivity contribution in [2.75, 3.05) is 5.75 Å². The summed E-state index contributed by atoms with van der Waals surface area (Å²) < 4.78 is 0.744. The Balaban J connectivity index is 2.26. The zero-order valence-electron chi connectivity index (χ0n) is 10.6. The van der Waals surface area contributed by atoms with Gasteiger partial charge in [-0.1, -0.05) is 26.1 Å². The van der Waals surface area contributed by atoms with Crippen LogP contribution in [0, 0.1) is 18.5 Å². The molecule has 0 spiro atoms. The highest BCUT2D eigenvalue weighted by atomic mass is 32.2. The van der Waals surface area contributed by atoms with Gasteiger partial charge in [-0.15, -0.1) is 11.8 Å². The largest absolute Gasteiger partial charge is 0.346 e. The van der Waals surface area contributed by atoms with Crippen molar-refractivity contribution in [3.63, 3.8) is 0 Å². The number of hydrogen-bond donors (Lipinski definition) is 1.